The number of hydrogen-bond acceptors (Lipinski definition) is 4. The van der Waals surface area contributed by atoms with Gasteiger partial charge in [-0.15, -0.1) is 0 Å². The quantitative estimate of drug-likeness (QED) is 0.858. The van der Waals surface area contributed by atoms with Crippen LogP contribution in [-0.4, -0.2) is 14.2 Å². The molecule has 0 aliphatic heterocycles. The summed E-state index contributed by atoms with van der Waals surface area (Å²) >= 11 is 0. The van der Waals surface area contributed by atoms with E-state index in [1.807, 2.05) is 25.1 Å². The van der Waals surface area contributed by atoms with Crippen molar-refractivity contribution in [3.8, 4) is 0 Å². The Morgan fingerprint density at radius 3 is 2.35 bits per heavy atom. The van der Waals surface area contributed by atoms with Crippen molar-refractivity contribution in [2.75, 3.05) is 15.8 Å². The summed E-state index contributed by atoms with van der Waals surface area (Å²) in [6, 6.07) is 9.16. The third kappa shape index (κ3) is 3.77. The molecule has 2 N–H and O–H groups in total. The lowest BCUT2D eigenvalue weighted by molar-refractivity contribution is 0.562. The highest BCUT2D eigenvalue weighted by Gasteiger charge is 2.08. The van der Waals surface area contributed by atoms with E-state index in [0.29, 0.717) is 5.69 Å². The minimum atomic E-state index is -3.23. The minimum absolute atomic E-state index is 0.0600. The number of hydrogen-bond donors (Lipinski definition) is 2. The fourth-order valence-corrected chi connectivity index (χ4v) is 2.38. The van der Waals surface area contributed by atoms with Gasteiger partial charge in [0.05, 0.1) is 24.3 Å². The predicted molar refractivity (Wildman–Crippen MR) is 80.3 cm³/mol. The molecular formula is C14H18N2O3S. The van der Waals surface area contributed by atoms with Gasteiger partial charge in [0.15, 0.2) is 0 Å². The third-order valence-electron chi connectivity index (χ3n) is 2.96. The SMILES string of the molecule is CCS(=O)(=O)Nc1ccc(NC(C)c2ccoc2)cc1. The zero-order valence-corrected chi connectivity index (χ0v) is 12.3. The monoisotopic (exact) mass is 294 g/mol. The zero-order valence-electron chi connectivity index (χ0n) is 11.5. The predicted octanol–water partition coefficient (Wildman–Crippen LogP) is 3.21. The molecular weight excluding hydrogens is 276 g/mol. The highest BCUT2D eigenvalue weighted by Crippen LogP contribution is 2.21. The first kappa shape index (κ1) is 14.5. The normalized spacial score (nSPS) is 12.9. The van der Waals surface area contributed by atoms with Gasteiger partial charge in [-0.2, -0.15) is 0 Å². The fourth-order valence-electron chi connectivity index (χ4n) is 1.74. The molecule has 0 aliphatic carbocycles. The van der Waals surface area contributed by atoms with Gasteiger partial charge in [0, 0.05) is 16.9 Å². The first-order valence-corrected chi connectivity index (χ1v) is 8.04. The summed E-state index contributed by atoms with van der Waals surface area (Å²) in [6.45, 7) is 3.63. The van der Waals surface area contributed by atoms with E-state index in [4.69, 9.17) is 4.42 Å². The van der Waals surface area contributed by atoms with Crippen LogP contribution in [0.2, 0.25) is 0 Å². The topological polar surface area (TPSA) is 71.3 Å². The van der Waals surface area contributed by atoms with Crippen LogP contribution in [0.5, 0.6) is 0 Å². The Morgan fingerprint density at radius 2 is 1.80 bits per heavy atom. The number of sulfonamides is 1. The molecule has 0 saturated heterocycles. The van der Waals surface area contributed by atoms with Crippen LogP contribution in [0.15, 0.2) is 47.3 Å². The van der Waals surface area contributed by atoms with E-state index >= 15 is 0 Å². The van der Waals surface area contributed by atoms with Crippen molar-refractivity contribution in [2.24, 2.45) is 0 Å². The van der Waals surface area contributed by atoms with Crippen molar-refractivity contribution in [3.63, 3.8) is 0 Å². The van der Waals surface area contributed by atoms with Gasteiger partial charge in [-0.25, -0.2) is 8.42 Å². The minimum Gasteiger partial charge on any atom is -0.472 e. The summed E-state index contributed by atoms with van der Waals surface area (Å²) in [6.07, 6.45) is 3.33. The summed E-state index contributed by atoms with van der Waals surface area (Å²) < 4.78 is 30.4. The molecule has 0 fully saturated rings. The molecule has 0 bridgehead atoms. The molecule has 2 aromatic rings. The van der Waals surface area contributed by atoms with Gasteiger partial charge in [0.25, 0.3) is 0 Å². The molecule has 1 unspecified atom stereocenters. The number of furan rings is 1. The van der Waals surface area contributed by atoms with E-state index in [9.17, 15) is 8.42 Å². The molecule has 1 atom stereocenters. The molecule has 0 radical (unpaired) electrons. The molecule has 20 heavy (non-hydrogen) atoms. The Balaban J connectivity index is 2.02. The van der Waals surface area contributed by atoms with Crippen LogP contribution in [0, 0.1) is 0 Å². The van der Waals surface area contributed by atoms with Crippen LogP contribution < -0.4 is 10.0 Å². The third-order valence-corrected chi connectivity index (χ3v) is 4.27. The van der Waals surface area contributed by atoms with Gasteiger partial charge in [0.1, 0.15) is 0 Å². The lowest BCUT2D eigenvalue weighted by Crippen LogP contribution is -2.14. The summed E-state index contributed by atoms with van der Waals surface area (Å²) in [5, 5.41) is 3.31. The Labute approximate surface area is 119 Å². The Hall–Kier alpha value is -1.95. The van der Waals surface area contributed by atoms with E-state index in [0.717, 1.165) is 11.3 Å². The van der Waals surface area contributed by atoms with Gasteiger partial charge in [-0.05, 0) is 44.2 Å². The van der Waals surface area contributed by atoms with Gasteiger partial charge >= 0.3 is 0 Å². The van der Waals surface area contributed by atoms with Crippen molar-refractivity contribution in [2.45, 2.75) is 19.9 Å². The van der Waals surface area contributed by atoms with E-state index in [1.54, 1.807) is 31.6 Å². The highest BCUT2D eigenvalue weighted by molar-refractivity contribution is 7.92. The molecule has 6 heteroatoms. The van der Waals surface area contributed by atoms with Crippen molar-refractivity contribution in [1.82, 2.24) is 0 Å². The van der Waals surface area contributed by atoms with Gasteiger partial charge in [0.2, 0.25) is 10.0 Å². The molecule has 5 nitrogen and oxygen atoms in total. The number of benzene rings is 1. The zero-order chi connectivity index (χ0) is 14.6. The number of rotatable bonds is 6. The van der Waals surface area contributed by atoms with Crippen molar-refractivity contribution < 1.29 is 12.8 Å². The second kappa shape index (κ2) is 6.00. The molecule has 1 aromatic heterocycles. The smallest absolute Gasteiger partial charge is 0.232 e. The number of nitrogens with one attached hydrogen (secondary N) is 2. The van der Waals surface area contributed by atoms with Crippen LogP contribution in [0.3, 0.4) is 0 Å². The maximum atomic E-state index is 11.4. The van der Waals surface area contributed by atoms with Crippen LogP contribution in [0.25, 0.3) is 0 Å². The van der Waals surface area contributed by atoms with Crippen LogP contribution in [-0.2, 0) is 10.0 Å². The standard InChI is InChI=1S/C14H18N2O3S/c1-3-20(17,18)16-14-6-4-13(5-7-14)15-11(2)12-8-9-19-10-12/h4-11,15-16H,3H2,1-2H3. The second-order valence-electron chi connectivity index (χ2n) is 4.51. The largest absolute Gasteiger partial charge is 0.472 e. The first-order chi connectivity index (χ1) is 9.50. The highest BCUT2D eigenvalue weighted by atomic mass is 32.2. The summed E-state index contributed by atoms with van der Waals surface area (Å²) in [7, 11) is -3.23. The molecule has 2 rings (SSSR count). The average Bonchev–Trinajstić information content (AvgIpc) is 2.95. The summed E-state index contributed by atoms with van der Waals surface area (Å²) in [5.41, 5.74) is 2.53. The Kier molecular flexibility index (Phi) is 4.34. The van der Waals surface area contributed by atoms with Gasteiger partial charge in [-0.3, -0.25) is 4.72 Å². The average molecular weight is 294 g/mol. The van der Waals surface area contributed by atoms with Gasteiger partial charge in [-0.1, -0.05) is 0 Å². The maximum absolute atomic E-state index is 11.4. The summed E-state index contributed by atoms with van der Waals surface area (Å²) in [5.74, 6) is 0.0600. The van der Waals surface area contributed by atoms with E-state index in [1.165, 1.54) is 0 Å². The van der Waals surface area contributed by atoms with E-state index in [-0.39, 0.29) is 11.8 Å². The lowest BCUT2D eigenvalue weighted by Gasteiger charge is -2.14. The van der Waals surface area contributed by atoms with Crippen molar-refractivity contribution in [1.29, 1.82) is 0 Å². The first-order valence-electron chi connectivity index (χ1n) is 6.39. The van der Waals surface area contributed by atoms with Crippen LogP contribution in [0.4, 0.5) is 11.4 Å². The van der Waals surface area contributed by atoms with Crippen LogP contribution in [0.1, 0.15) is 25.5 Å². The second-order valence-corrected chi connectivity index (χ2v) is 6.52. The van der Waals surface area contributed by atoms with E-state index < -0.39 is 10.0 Å². The maximum Gasteiger partial charge on any atom is 0.232 e. The molecule has 1 aromatic carbocycles. The molecule has 0 amide bonds. The van der Waals surface area contributed by atoms with E-state index in [2.05, 4.69) is 10.0 Å². The van der Waals surface area contributed by atoms with Crippen molar-refractivity contribution >= 4 is 21.4 Å². The molecule has 108 valence electrons. The molecule has 0 saturated carbocycles. The van der Waals surface area contributed by atoms with Crippen LogP contribution >= 0.6 is 0 Å². The van der Waals surface area contributed by atoms with Crippen molar-refractivity contribution in [3.05, 3.63) is 48.4 Å². The Morgan fingerprint density at radius 1 is 1.15 bits per heavy atom. The molecule has 0 aliphatic rings. The molecule has 0 spiro atoms. The summed E-state index contributed by atoms with van der Waals surface area (Å²) in [4.78, 5) is 0. The fraction of sp³-hybridized carbons (Fsp3) is 0.286. The Bertz CT molecular complexity index is 634. The molecule has 1 heterocycles. The lowest BCUT2D eigenvalue weighted by atomic mass is 10.1. The number of anilines is 2. The van der Waals surface area contributed by atoms with Gasteiger partial charge < -0.3 is 9.73 Å².